The Morgan fingerprint density at radius 1 is 1.29 bits per heavy atom. The standard InChI is InChI=1S/C16H33N3O2/c1-12(9-10-19(5)6)17-13-7-8-14(11-13)18-15(20)21-16(2,3)4/h12-14,17H,7-11H2,1-6H3,(H,18,20). The number of ether oxygens (including phenoxy) is 1. The third kappa shape index (κ3) is 8.27. The number of carbonyl (C=O) groups is 1. The Hall–Kier alpha value is -0.810. The lowest BCUT2D eigenvalue weighted by Gasteiger charge is -2.23. The van der Waals surface area contributed by atoms with Crippen LogP contribution in [-0.2, 0) is 4.74 Å². The van der Waals surface area contributed by atoms with Gasteiger partial charge in [-0.2, -0.15) is 0 Å². The third-order valence-corrected chi connectivity index (χ3v) is 3.68. The first-order chi connectivity index (χ1) is 9.65. The van der Waals surface area contributed by atoms with E-state index >= 15 is 0 Å². The van der Waals surface area contributed by atoms with Crippen molar-refractivity contribution in [3.63, 3.8) is 0 Å². The van der Waals surface area contributed by atoms with Gasteiger partial charge >= 0.3 is 6.09 Å². The van der Waals surface area contributed by atoms with Crippen molar-refractivity contribution < 1.29 is 9.53 Å². The highest BCUT2D eigenvalue weighted by Crippen LogP contribution is 2.20. The fourth-order valence-corrected chi connectivity index (χ4v) is 2.68. The lowest BCUT2D eigenvalue weighted by Crippen LogP contribution is -2.40. The summed E-state index contributed by atoms with van der Waals surface area (Å²) in [7, 11) is 4.20. The van der Waals surface area contributed by atoms with E-state index < -0.39 is 5.60 Å². The van der Waals surface area contributed by atoms with Gasteiger partial charge in [0.25, 0.3) is 0 Å². The minimum atomic E-state index is -0.430. The maximum absolute atomic E-state index is 11.8. The first-order valence-corrected chi connectivity index (χ1v) is 8.06. The summed E-state index contributed by atoms with van der Waals surface area (Å²) in [5.41, 5.74) is -0.430. The van der Waals surface area contributed by atoms with E-state index in [1.54, 1.807) is 0 Å². The topological polar surface area (TPSA) is 53.6 Å². The van der Waals surface area contributed by atoms with Gasteiger partial charge in [-0.25, -0.2) is 4.79 Å². The van der Waals surface area contributed by atoms with Crippen molar-refractivity contribution in [1.29, 1.82) is 0 Å². The Labute approximate surface area is 129 Å². The molecule has 0 aromatic carbocycles. The molecule has 21 heavy (non-hydrogen) atoms. The molecule has 3 atom stereocenters. The molecular weight excluding hydrogens is 266 g/mol. The van der Waals surface area contributed by atoms with E-state index in [9.17, 15) is 4.79 Å². The third-order valence-electron chi connectivity index (χ3n) is 3.68. The average Bonchev–Trinajstić information content (AvgIpc) is 2.71. The van der Waals surface area contributed by atoms with E-state index in [2.05, 4.69) is 36.6 Å². The molecule has 124 valence electrons. The summed E-state index contributed by atoms with van der Waals surface area (Å²) in [4.78, 5) is 14.0. The van der Waals surface area contributed by atoms with Gasteiger partial charge in [-0.15, -0.1) is 0 Å². The van der Waals surface area contributed by atoms with Gasteiger partial charge in [0.2, 0.25) is 0 Å². The Bertz CT molecular complexity index is 326. The molecule has 0 bridgehead atoms. The van der Waals surface area contributed by atoms with Crippen LogP contribution < -0.4 is 10.6 Å². The summed E-state index contributed by atoms with van der Waals surface area (Å²) >= 11 is 0. The van der Waals surface area contributed by atoms with Gasteiger partial charge in [0, 0.05) is 18.1 Å². The number of rotatable bonds is 6. The largest absolute Gasteiger partial charge is 0.444 e. The van der Waals surface area contributed by atoms with Crippen molar-refractivity contribution in [2.24, 2.45) is 0 Å². The van der Waals surface area contributed by atoms with Gasteiger partial charge in [0.05, 0.1) is 0 Å². The summed E-state index contributed by atoms with van der Waals surface area (Å²) in [5.74, 6) is 0. The minimum Gasteiger partial charge on any atom is -0.444 e. The Morgan fingerprint density at radius 2 is 1.90 bits per heavy atom. The normalized spacial score (nSPS) is 24.1. The lowest BCUT2D eigenvalue weighted by atomic mass is 10.1. The van der Waals surface area contributed by atoms with Gasteiger partial charge < -0.3 is 20.3 Å². The van der Waals surface area contributed by atoms with Crippen molar-refractivity contribution in [3.05, 3.63) is 0 Å². The number of nitrogens with one attached hydrogen (secondary N) is 2. The van der Waals surface area contributed by atoms with Gasteiger partial charge in [-0.05, 0) is 74.0 Å². The highest BCUT2D eigenvalue weighted by atomic mass is 16.6. The molecule has 0 spiro atoms. The molecule has 5 heteroatoms. The number of carbonyl (C=O) groups excluding carboxylic acids is 1. The predicted octanol–water partition coefficient (Wildman–Crippen LogP) is 2.36. The Balaban J connectivity index is 2.24. The van der Waals surface area contributed by atoms with Crippen LogP contribution in [0.1, 0.15) is 53.4 Å². The van der Waals surface area contributed by atoms with Gasteiger partial charge in [0.15, 0.2) is 0 Å². The van der Waals surface area contributed by atoms with E-state index in [1.165, 1.54) is 0 Å². The van der Waals surface area contributed by atoms with Crippen LogP contribution in [0.4, 0.5) is 4.79 Å². The molecule has 0 heterocycles. The van der Waals surface area contributed by atoms with Crippen LogP contribution in [0.15, 0.2) is 0 Å². The highest BCUT2D eigenvalue weighted by molar-refractivity contribution is 5.68. The molecule has 0 aromatic heterocycles. The van der Waals surface area contributed by atoms with Gasteiger partial charge in [-0.1, -0.05) is 0 Å². The molecule has 1 aliphatic rings. The molecule has 0 aromatic rings. The number of amides is 1. The first kappa shape index (κ1) is 18.2. The summed E-state index contributed by atoms with van der Waals surface area (Å²) in [6.07, 6.45) is 3.98. The van der Waals surface area contributed by atoms with Crippen LogP contribution in [0.2, 0.25) is 0 Å². The quantitative estimate of drug-likeness (QED) is 0.790. The smallest absolute Gasteiger partial charge is 0.407 e. The second kappa shape index (κ2) is 7.99. The van der Waals surface area contributed by atoms with Gasteiger partial charge in [-0.3, -0.25) is 0 Å². The average molecular weight is 299 g/mol. The summed E-state index contributed by atoms with van der Waals surface area (Å²) in [6.45, 7) is 8.99. The summed E-state index contributed by atoms with van der Waals surface area (Å²) in [5, 5.41) is 6.65. The Morgan fingerprint density at radius 3 is 2.48 bits per heavy atom. The van der Waals surface area contributed by atoms with Crippen LogP contribution in [0.25, 0.3) is 0 Å². The maximum atomic E-state index is 11.8. The van der Waals surface area contributed by atoms with Crippen molar-refractivity contribution >= 4 is 6.09 Å². The zero-order chi connectivity index (χ0) is 16.0. The Kier molecular flexibility index (Phi) is 6.94. The molecule has 1 aliphatic carbocycles. The summed E-state index contributed by atoms with van der Waals surface area (Å²) < 4.78 is 5.30. The lowest BCUT2D eigenvalue weighted by molar-refractivity contribution is 0.0505. The second-order valence-electron chi connectivity index (χ2n) is 7.51. The van der Waals surface area contributed by atoms with Crippen LogP contribution >= 0.6 is 0 Å². The van der Waals surface area contributed by atoms with Crippen LogP contribution in [0.5, 0.6) is 0 Å². The fourth-order valence-electron chi connectivity index (χ4n) is 2.68. The molecule has 1 fully saturated rings. The molecule has 3 unspecified atom stereocenters. The number of alkyl carbamates (subject to hydrolysis) is 1. The molecule has 1 saturated carbocycles. The van der Waals surface area contributed by atoms with Crippen LogP contribution in [0, 0.1) is 0 Å². The van der Waals surface area contributed by atoms with Crippen molar-refractivity contribution in [1.82, 2.24) is 15.5 Å². The van der Waals surface area contributed by atoms with Gasteiger partial charge in [0.1, 0.15) is 5.60 Å². The maximum Gasteiger partial charge on any atom is 0.407 e. The minimum absolute atomic E-state index is 0.235. The van der Waals surface area contributed by atoms with E-state index in [1.807, 2.05) is 20.8 Å². The second-order valence-corrected chi connectivity index (χ2v) is 7.51. The molecule has 0 radical (unpaired) electrons. The predicted molar refractivity (Wildman–Crippen MR) is 86.6 cm³/mol. The van der Waals surface area contributed by atoms with E-state index in [4.69, 9.17) is 4.74 Å². The molecule has 5 nitrogen and oxygen atoms in total. The molecule has 0 saturated heterocycles. The van der Waals surface area contributed by atoms with Crippen molar-refractivity contribution in [2.45, 2.75) is 77.1 Å². The van der Waals surface area contributed by atoms with Crippen LogP contribution in [0.3, 0.4) is 0 Å². The molecule has 1 amide bonds. The molecule has 0 aliphatic heterocycles. The van der Waals surface area contributed by atoms with E-state index in [-0.39, 0.29) is 12.1 Å². The van der Waals surface area contributed by atoms with Crippen molar-refractivity contribution in [2.75, 3.05) is 20.6 Å². The number of hydrogen-bond donors (Lipinski definition) is 2. The van der Waals surface area contributed by atoms with E-state index in [0.29, 0.717) is 12.1 Å². The number of nitrogens with zero attached hydrogens (tertiary/aromatic N) is 1. The van der Waals surface area contributed by atoms with Crippen LogP contribution in [-0.4, -0.2) is 55.4 Å². The summed E-state index contributed by atoms with van der Waals surface area (Å²) in [6, 6.07) is 1.25. The molecule has 2 N–H and O–H groups in total. The molecule has 1 rings (SSSR count). The first-order valence-electron chi connectivity index (χ1n) is 8.06. The fraction of sp³-hybridized carbons (Fsp3) is 0.938. The SMILES string of the molecule is CC(CCN(C)C)NC1CCC(NC(=O)OC(C)(C)C)C1. The zero-order valence-electron chi connectivity index (χ0n) is 14.5. The number of hydrogen-bond acceptors (Lipinski definition) is 4. The highest BCUT2D eigenvalue weighted by Gasteiger charge is 2.28. The van der Waals surface area contributed by atoms with Crippen molar-refractivity contribution in [3.8, 4) is 0 Å². The van der Waals surface area contributed by atoms with E-state index in [0.717, 1.165) is 32.2 Å². The monoisotopic (exact) mass is 299 g/mol. The zero-order valence-corrected chi connectivity index (χ0v) is 14.5. The molecular formula is C16H33N3O2.